The molecule has 3 aromatic heterocycles. The van der Waals surface area contributed by atoms with Gasteiger partial charge in [-0.25, -0.2) is 4.98 Å². The number of para-hydroxylation sites is 2. The quantitative estimate of drug-likeness (QED) is 0.189. The summed E-state index contributed by atoms with van der Waals surface area (Å²) in [5.74, 6) is 0.649. The van der Waals surface area contributed by atoms with Crippen molar-refractivity contribution in [3.63, 3.8) is 0 Å². The van der Waals surface area contributed by atoms with E-state index in [4.69, 9.17) is 13.8 Å². The number of anilines is 3. The van der Waals surface area contributed by atoms with Crippen molar-refractivity contribution < 1.29 is 8.83 Å². The summed E-state index contributed by atoms with van der Waals surface area (Å²) in [5.41, 5.74) is 10.1. The van der Waals surface area contributed by atoms with Gasteiger partial charge in [0.25, 0.3) is 0 Å². The van der Waals surface area contributed by atoms with Gasteiger partial charge >= 0.3 is 0 Å². The first-order valence-corrected chi connectivity index (χ1v) is 16.8. The average Bonchev–Trinajstić information content (AvgIpc) is 3.84. The van der Waals surface area contributed by atoms with Gasteiger partial charge in [-0.05, 0) is 90.0 Å². The van der Waals surface area contributed by atoms with Crippen LogP contribution in [-0.4, -0.2) is 4.98 Å². The van der Waals surface area contributed by atoms with Crippen LogP contribution >= 0.6 is 11.3 Å². The number of fused-ring (bicyclic) bond motifs is 7. The molecule has 0 spiro atoms. The molecule has 10 aromatic rings. The maximum atomic E-state index is 6.17. The molecule has 0 unspecified atom stereocenters. The molecule has 0 bridgehead atoms. The van der Waals surface area contributed by atoms with Crippen molar-refractivity contribution in [1.29, 1.82) is 0 Å². The van der Waals surface area contributed by atoms with Crippen LogP contribution in [0, 0.1) is 0 Å². The lowest BCUT2D eigenvalue weighted by atomic mass is 10.0. The van der Waals surface area contributed by atoms with Gasteiger partial charge in [0.15, 0.2) is 5.58 Å². The molecule has 0 amide bonds. The van der Waals surface area contributed by atoms with Crippen LogP contribution < -0.4 is 4.90 Å². The van der Waals surface area contributed by atoms with Crippen molar-refractivity contribution in [2.75, 3.05) is 4.90 Å². The van der Waals surface area contributed by atoms with Crippen molar-refractivity contribution in [1.82, 2.24) is 4.98 Å². The smallest absolute Gasteiger partial charge is 0.227 e. The monoisotopic (exact) mass is 634 g/mol. The van der Waals surface area contributed by atoms with Crippen LogP contribution in [0.5, 0.6) is 0 Å². The Balaban J connectivity index is 1.04. The normalized spacial score (nSPS) is 11.8. The average molecular weight is 635 g/mol. The van der Waals surface area contributed by atoms with Gasteiger partial charge in [0, 0.05) is 59.6 Å². The highest BCUT2D eigenvalue weighted by atomic mass is 32.1. The summed E-state index contributed by atoms with van der Waals surface area (Å²) >= 11 is 1.79. The van der Waals surface area contributed by atoms with Gasteiger partial charge in [-0.15, -0.1) is 11.3 Å². The third kappa shape index (κ3) is 4.40. The van der Waals surface area contributed by atoms with Crippen LogP contribution in [0.4, 0.5) is 17.1 Å². The summed E-state index contributed by atoms with van der Waals surface area (Å²) in [6, 6.07) is 55.1. The van der Waals surface area contributed by atoms with E-state index in [1.165, 1.54) is 25.7 Å². The molecular weight excluding hydrogens is 609 g/mol. The Kier molecular flexibility index (Phi) is 6.01. The lowest BCUT2D eigenvalue weighted by Crippen LogP contribution is -2.09. The lowest BCUT2D eigenvalue weighted by Gasteiger charge is -2.25. The summed E-state index contributed by atoms with van der Waals surface area (Å²) in [7, 11) is 0. The Hall–Kier alpha value is -6.17. The molecule has 7 aromatic carbocycles. The molecule has 48 heavy (non-hydrogen) atoms. The Bertz CT molecular complexity index is 2780. The highest BCUT2D eigenvalue weighted by Gasteiger charge is 2.17. The zero-order chi connectivity index (χ0) is 31.6. The topological polar surface area (TPSA) is 42.4 Å². The molecule has 4 nitrogen and oxygen atoms in total. The molecular formula is C43H26N2O2S. The molecule has 0 saturated carbocycles. The first-order chi connectivity index (χ1) is 23.7. The molecule has 0 N–H and O–H groups in total. The molecule has 3 heterocycles. The molecule has 0 atom stereocenters. The summed E-state index contributed by atoms with van der Waals surface area (Å²) in [4.78, 5) is 7.13. The molecule has 0 saturated heterocycles. The summed E-state index contributed by atoms with van der Waals surface area (Å²) in [6.07, 6.45) is 0. The lowest BCUT2D eigenvalue weighted by molar-refractivity contribution is 0.620. The van der Waals surface area contributed by atoms with Crippen LogP contribution in [0.2, 0.25) is 0 Å². The molecule has 5 heteroatoms. The third-order valence-corrected chi connectivity index (χ3v) is 10.2. The zero-order valence-electron chi connectivity index (χ0n) is 25.6. The Morgan fingerprint density at radius 2 is 1.10 bits per heavy atom. The SMILES string of the molecule is c1ccc(-c2nc3cc4c(cc3o2)sc2ccc(-c3ccc(N(c5ccccc5)c5ccc6oc7ccccc7c6c5)cc3)cc24)cc1. The van der Waals surface area contributed by atoms with Crippen LogP contribution in [-0.2, 0) is 0 Å². The van der Waals surface area contributed by atoms with Crippen molar-refractivity contribution in [3.05, 3.63) is 158 Å². The number of hydrogen-bond donors (Lipinski definition) is 0. The summed E-state index contributed by atoms with van der Waals surface area (Å²) in [5, 5.41) is 4.66. The van der Waals surface area contributed by atoms with E-state index in [0.717, 1.165) is 61.2 Å². The summed E-state index contributed by atoms with van der Waals surface area (Å²) < 4.78 is 14.7. The number of thiophene rings is 1. The number of oxazole rings is 1. The Labute approximate surface area is 279 Å². The van der Waals surface area contributed by atoms with Crippen molar-refractivity contribution >= 4 is 81.6 Å². The van der Waals surface area contributed by atoms with Gasteiger partial charge in [-0.3, -0.25) is 0 Å². The predicted octanol–water partition coefficient (Wildman–Crippen LogP) is 12.9. The van der Waals surface area contributed by atoms with E-state index in [2.05, 4.69) is 120 Å². The molecule has 0 aliphatic carbocycles. The van der Waals surface area contributed by atoms with E-state index < -0.39 is 0 Å². The van der Waals surface area contributed by atoms with Gasteiger partial charge in [0.2, 0.25) is 5.89 Å². The molecule has 0 fully saturated rings. The Morgan fingerprint density at radius 1 is 0.417 bits per heavy atom. The van der Waals surface area contributed by atoms with Crippen molar-refractivity contribution in [2.45, 2.75) is 0 Å². The van der Waals surface area contributed by atoms with Gasteiger partial charge in [-0.2, -0.15) is 0 Å². The number of benzene rings is 7. The van der Waals surface area contributed by atoms with Gasteiger partial charge in [0.1, 0.15) is 16.7 Å². The third-order valence-electron chi connectivity index (χ3n) is 9.09. The number of nitrogens with zero attached hydrogens (tertiary/aromatic N) is 2. The predicted molar refractivity (Wildman–Crippen MR) is 200 cm³/mol. The van der Waals surface area contributed by atoms with Crippen LogP contribution in [0.15, 0.2) is 167 Å². The van der Waals surface area contributed by atoms with Crippen molar-refractivity contribution in [3.8, 4) is 22.6 Å². The minimum Gasteiger partial charge on any atom is -0.456 e. The van der Waals surface area contributed by atoms with Gasteiger partial charge in [-0.1, -0.05) is 72.8 Å². The second kappa shape index (κ2) is 10.7. The molecule has 226 valence electrons. The maximum Gasteiger partial charge on any atom is 0.227 e. The zero-order valence-corrected chi connectivity index (χ0v) is 26.4. The summed E-state index contributed by atoms with van der Waals surface area (Å²) in [6.45, 7) is 0. The molecule has 10 rings (SSSR count). The van der Waals surface area contributed by atoms with Crippen molar-refractivity contribution in [2.24, 2.45) is 0 Å². The van der Waals surface area contributed by atoms with Gasteiger partial charge in [0.05, 0.1) is 0 Å². The second-order valence-corrected chi connectivity index (χ2v) is 13.1. The highest BCUT2D eigenvalue weighted by Crippen LogP contribution is 2.41. The number of furan rings is 1. The minimum absolute atomic E-state index is 0.649. The number of rotatable bonds is 5. The van der Waals surface area contributed by atoms with Gasteiger partial charge < -0.3 is 13.7 Å². The fraction of sp³-hybridized carbons (Fsp3) is 0. The first-order valence-electron chi connectivity index (χ1n) is 15.9. The molecule has 0 aliphatic rings. The first kappa shape index (κ1) is 27.0. The molecule has 0 radical (unpaired) electrons. The largest absolute Gasteiger partial charge is 0.456 e. The van der Waals surface area contributed by atoms with Crippen LogP contribution in [0.25, 0.3) is 75.8 Å². The van der Waals surface area contributed by atoms with Crippen LogP contribution in [0.3, 0.4) is 0 Å². The standard InChI is InChI=1S/C43H26N2O2S/c1-3-9-28(10-4-1)43-44-37-25-36-35-23-29(17-22-41(35)48-42(36)26-40(37)47-43)27-15-18-31(19-16-27)45(30-11-5-2-6-12-30)32-20-21-39-34(24-32)33-13-7-8-14-38(33)46-39/h1-26H. The second-order valence-electron chi connectivity index (χ2n) is 12.0. The Morgan fingerprint density at radius 3 is 1.96 bits per heavy atom. The van der Waals surface area contributed by atoms with E-state index >= 15 is 0 Å². The van der Waals surface area contributed by atoms with E-state index in [1.807, 2.05) is 42.5 Å². The fourth-order valence-corrected chi connectivity index (χ4v) is 7.86. The molecule has 0 aliphatic heterocycles. The van der Waals surface area contributed by atoms with E-state index in [9.17, 15) is 0 Å². The van der Waals surface area contributed by atoms with E-state index in [1.54, 1.807) is 11.3 Å². The van der Waals surface area contributed by atoms with E-state index in [-0.39, 0.29) is 0 Å². The van der Waals surface area contributed by atoms with E-state index in [0.29, 0.717) is 5.89 Å². The van der Waals surface area contributed by atoms with Crippen LogP contribution in [0.1, 0.15) is 0 Å². The number of hydrogen-bond acceptors (Lipinski definition) is 5. The number of aromatic nitrogens is 1. The fourth-order valence-electron chi connectivity index (χ4n) is 6.76. The maximum absolute atomic E-state index is 6.17. The highest BCUT2D eigenvalue weighted by molar-refractivity contribution is 7.25. The minimum atomic E-state index is 0.649.